The number of terminal acetylenes is 1. The fraction of sp³-hybridized carbons (Fsp3) is 0.333. The number of hydrogen-bond acceptors (Lipinski definition) is 2. The van der Waals surface area contributed by atoms with Crippen molar-refractivity contribution in [3.63, 3.8) is 0 Å². The molecule has 0 aromatic carbocycles. The first-order valence-corrected chi connectivity index (χ1v) is 2.54. The van der Waals surface area contributed by atoms with Gasteiger partial charge in [-0.3, -0.25) is 4.79 Å². The Bertz CT molecular complexity index is 192. The number of nitrogens with one attached hydrogen (secondary N) is 1. The highest BCUT2D eigenvalue weighted by molar-refractivity contribution is 5.84. The zero-order valence-corrected chi connectivity index (χ0v) is 5.42. The minimum absolute atomic E-state index is 0.453. The van der Waals surface area contributed by atoms with Gasteiger partial charge in [-0.15, -0.1) is 6.42 Å². The first-order valence-electron chi connectivity index (χ1n) is 2.54. The minimum Gasteiger partial charge on any atom is -0.479 e. The van der Waals surface area contributed by atoms with Crippen LogP contribution in [-0.2, 0) is 9.59 Å². The summed E-state index contributed by atoms with van der Waals surface area (Å²) in [5.74, 6) is 0.224. The van der Waals surface area contributed by atoms with E-state index in [4.69, 9.17) is 11.5 Å². The lowest BCUT2D eigenvalue weighted by atomic mass is 10.3. The highest BCUT2D eigenvalue weighted by atomic mass is 16.4. The summed E-state index contributed by atoms with van der Waals surface area (Å²) in [6.07, 6.45) is 4.78. The Labute approximate surface area is 58.2 Å². The number of carbonyl (C=O) groups excluding carboxylic acids is 1. The summed E-state index contributed by atoms with van der Waals surface area (Å²) < 4.78 is 0. The molecule has 1 unspecified atom stereocenters. The summed E-state index contributed by atoms with van der Waals surface area (Å²) in [4.78, 5) is 20.4. The number of hydrogen-bond donors (Lipinski definition) is 2. The molecule has 0 radical (unpaired) electrons. The fourth-order valence-electron chi connectivity index (χ4n) is 0.378. The third-order valence-corrected chi connectivity index (χ3v) is 0.761. The molecular formula is C6H7NO3. The lowest BCUT2D eigenvalue weighted by Gasteiger charge is -2.03. The number of rotatable bonds is 2. The molecule has 0 saturated carbocycles. The van der Waals surface area contributed by atoms with E-state index in [9.17, 15) is 9.59 Å². The Balaban J connectivity index is 4.00. The van der Waals surface area contributed by atoms with Gasteiger partial charge < -0.3 is 10.4 Å². The molecule has 10 heavy (non-hydrogen) atoms. The van der Waals surface area contributed by atoms with Gasteiger partial charge in [0.05, 0.1) is 0 Å². The van der Waals surface area contributed by atoms with Crippen LogP contribution >= 0.6 is 0 Å². The van der Waals surface area contributed by atoms with Crippen molar-refractivity contribution in [3.05, 3.63) is 0 Å². The van der Waals surface area contributed by atoms with E-state index in [1.54, 1.807) is 0 Å². The molecule has 0 aliphatic carbocycles. The zero-order valence-electron chi connectivity index (χ0n) is 5.42. The number of amides is 1. The zero-order chi connectivity index (χ0) is 8.15. The topological polar surface area (TPSA) is 66.4 Å². The van der Waals surface area contributed by atoms with Crippen LogP contribution in [-0.4, -0.2) is 23.0 Å². The first kappa shape index (κ1) is 8.50. The van der Waals surface area contributed by atoms with Crippen LogP contribution in [0, 0.1) is 12.3 Å². The molecule has 2 N–H and O–H groups in total. The lowest BCUT2D eigenvalue weighted by molar-refractivity contribution is -0.139. The third kappa shape index (κ3) is 2.72. The first-order chi connectivity index (χ1) is 4.57. The van der Waals surface area contributed by atoms with Crippen molar-refractivity contribution in [1.29, 1.82) is 0 Å². The number of carboxylic acids is 1. The van der Waals surface area contributed by atoms with E-state index >= 15 is 0 Å². The normalized spacial score (nSPS) is 11.2. The Morgan fingerprint density at radius 1 is 1.70 bits per heavy atom. The number of aliphatic carboxylic acids is 1. The second-order valence-electron chi connectivity index (χ2n) is 1.64. The molecule has 4 heteroatoms. The molecule has 54 valence electrons. The van der Waals surface area contributed by atoms with Gasteiger partial charge in [-0.05, 0) is 0 Å². The van der Waals surface area contributed by atoms with Crippen molar-refractivity contribution in [1.82, 2.24) is 5.32 Å². The van der Waals surface area contributed by atoms with Crippen LogP contribution in [0.2, 0.25) is 0 Å². The van der Waals surface area contributed by atoms with Crippen LogP contribution in [0.3, 0.4) is 0 Å². The molecule has 0 fully saturated rings. The van der Waals surface area contributed by atoms with Crippen LogP contribution in [0.25, 0.3) is 0 Å². The Kier molecular flexibility index (Phi) is 2.98. The summed E-state index contributed by atoms with van der Waals surface area (Å²) in [5.41, 5.74) is 0. The second-order valence-corrected chi connectivity index (χ2v) is 1.64. The second kappa shape index (κ2) is 3.51. The van der Waals surface area contributed by atoms with Crippen molar-refractivity contribution in [2.45, 2.75) is 13.0 Å². The molecule has 0 heterocycles. The average Bonchev–Trinajstić information content (AvgIpc) is 1.81. The van der Waals surface area contributed by atoms with Crippen molar-refractivity contribution in [2.24, 2.45) is 0 Å². The summed E-state index contributed by atoms with van der Waals surface area (Å²) in [6.45, 7) is 1.20. The van der Waals surface area contributed by atoms with E-state index in [1.165, 1.54) is 6.92 Å². The maximum Gasteiger partial charge on any atom is 0.338 e. The van der Waals surface area contributed by atoms with Gasteiger partial charge in [-0.1, -0.05) is 5.92 Å². The molecule has 0 aliphatic heterocycles. The van der Waals surface area contributed by atoms with Crippen molar-refractivity contribution in [2.75, 3.05) is 0 Å². The Hall–Kier alpha value is -1.50. The molecule has 0 bridgehead atoms. The van der Waals surface area contributed by atoms with Gasteiger partial charge in [-0.2, -0.15) is 0 Å². The molecule has 0 rings (SSSR count). The fourth-order valence-corrected chi connectivity index (χ4v) is 0.378. The summed E-state index contributed by atoms with van der Waals surface area (Å²) in [6, 6.07) is -1.21. The molecule has 0 aromatic rings. The Morgan fingerprint density at radius 2 is 2.20 bits per heavy atom. The maximum absolute atomic E-state index is 10.2. The van der Waals surface area contributed by atoms with Crippen molar-refractivity contribution < 1.29 is 14.7 Å². The van der Waals surface area contributed by atoms with E-state index in [1.807, 2.05) is 5.92 Å². The highest BCUT2D eigenvalue weighted by Gasteiger charge is 2.13. The highest BCUT2D eigenvalue weighted by Crippen LogP contribution is 1.79. The molecule has 1 atom stereocenters. The van der Waals surface area contributed by atoms with Crippen LogP contribution in [0.1, 0.15) is 6.92 Å². The van der Waals surface area contributed by atoms with Gasteiger partial charge in [0.15, 0.2) is 6.04 Å². The molecule has 0 spiro atoms. The lowest BCUT2D eigenvalue weighted by Crippen LogP contribution is -2.38. The van der Waals surface area contributed by atoms with Gasteiger partial charge in [0.1, 0.15) is 0 Å². The standard InChI is InChI=1S/C6H7NO3/c1-3-5(6(9)10)7-4(2)8/h1,5H,2H3,(H,7,8)(H,9,10). The third-order valence-electron chi connectivity index (χ3n) is 0.761. The maximum atomic E-state index is 10.2. The largest absolute Gasteiger partial charge is 0.479 e. The van der Waals surface area contributed by atoms with Gasteiger partial charge >= 0.3 is 5.97 Å². The number of carbonyl (C=O) groups is 2. The molecule has 0 saturated heterocycles. The quantitative estimate of drug-likeness (QED) is 0.495. The van der Waals surface area contributed by atoms with Crippen LogP contribution < -0.4 is 5.32 Å². The summed E-state index contributed by atoms with van der Waals surface area (Å²) in [5, 5.41) is 10.3. The van der Waals surface area contributed by atoms with Crippen LogP contribution in [0.4, 0.5) is 0 Å². The van der Waals surface area contributed by atoms with E-state index < -0.39 is 17.9 Å². The molecule has 1 amide bonds. The molecule has 4 nitrogen and oxygen atoms in total. The Morgan fingerprint density at radius 3 is 2.30 bits per heavy atom. The average molecular weight is 141 g/mol. The van der Waals surface area contributed by atoms with E-state index in [-0.39, 0.29) is 0 Å². The predicted molar refractivity (Wildman–Crippen MR) is 34.1 cm³/mol. The molecular weight excluding hydrogens is 134 g/mol. The summed E-state index contributed by atoms with van der Waals surface area (Å²) in [7, 11) is 0. The predicted octanol–water partition coefficient (Wildman–Crippen LogP) is -0.791. The molecule has 0 aromatic heterocycles. The van der Waals surface area contributed by atoms with Gasteiger partial charge in [0.25, 0.3) is 0 Å². The van der Waals surface area contributed by atoms with Gasteiger partial charge in [0, 0.05) is 6.92 Å². The summed E-state index contributed by atoms with van der Waals surface area (Å²) >= 11 is 0. The van der Waals surface area contributed by atoms with Crippen molar-refractivity contribution >= 4 is 11.9 Å². The van der Waals surface area contributed by atoms with Crippen LogP contribution in [0.15, 0.2) is 0 Å². The van der Waals surface area contributed by atoms with E-state index in [0.29, 0.717) is 0 Å². The number of carboxylic acid groups (broad SMARTS) is 1. The van der Waals surface area contributed by atoms with Gasteiger partial charge in [-0.25, -0.2) is 4.79 Å². The smallest absolute Gasteiger partial charge is 0.338 e. The SMILES string of the molecule is C#CC(NC(C)=O)C(=O)O. The molecule has 0 aliphatic rings. The van der Waals surface area contributed by atoms with E-state index in [2.05, 4.69) is 5.32 Å². The van der Waals surface area contributed by atoms with E-state index in [0.717, 1.165) is 0 Å². The monoisotopic (exact) mass is 141 g/mol. The van der Waals surface area contributed by atoms with Gasteiger partial charge in [0.2, 0.25) is 5.91 Å². The van der Waals surface area contributed by atoms with Crippen molar-refractivity contribution in [3.8, 4) is 12.3 Å². The minimum atomic E-state index is -1.22. The van der Waals surface area contributed by atoms with Crippen LogP contribution in [0.5, 0.6) is 0 Å².